The van der Waals surface area contributed by atoms with E-state index in [4.69, 9.17) is 0 Å². The van der Waals surface area contributed by atoms with E-state index in [1.807, 2.05) is 0 Å². The quantitative estimate of drug-likeness (QED) is 0.507. The molecular weight excluding hydrogens is 128 g/mol. The van der Waals surface area contributed by atoms with E-state index in [0.717, 1.165) is 19.3 Å². The van der Waals surface area contributed by atoms with Crippen molar-refractivity contribution < 1.29 is 10.2 Å². The highest BCUT2D eigenvalue weighted by Crippen LogP contribution is 2.66. The van der Waals surface area contributed by atoms with Gasteiger partial charge in [0, 0.05) is 6.42 Å². The molecule has 0 radical (unpaired) electrons. The fraction of sp³-hybridized carbons (Fsp3) is 1.00. The maximum Gasteiger partial charge on any atom is 0.0708 e. The molecule has 2 heteroatoms. The van der Waals surface area contributed by atoms with Gasteiger partial charge in [-0.15, -0.1) is 0 Å². The summed E-state index contributed by atoms with van der Waals surface area (Å²) in [7, 11) is 0. The third-order valence-corrected chi connectivity index (χ3v) is 3.90. The molecule has 0 aliphatic heterocycles. The molecule has 0 spiro atoms. The third-order valence-electron chi connectivity index (χ3n) is 3.90. The van der Waals surface area contributed by atoms with Gasteiger partial charge in [0.25, 0.3) is 0 Å². The molecule has 0 aromatic heterocycles. The van der Waals surface area contributed by atoms with Crippen molar-refractivity contribution in [2.75, 3.05) is 0 Å². The van der Waals surface area contributed by atoms with E-state index >= 15 is 0 Å². The molecule has 0 aromatic rings. The van der Waals surface area contributed by atoms with Crippen molar-refractivity contribution in [3.8, 4) is 0 Å². The molecule has 56 valence electrons. The Morgan fingerprint density at radius 3 is 1.60 bits per heavy atom. The van der Waals surface area contributed by atoms with Gasteiger partial charge in [0.2, 0.25) is 0 Å². The fourth-order valence-electron chi connectivity index (χ4n) is 3.48. The molecule has 0 aromatic carbocycles. The van der Waals surface area contributed by atoms with Gasteiger partial charge in [-0.2, -0.15) is 0 Å². The third kappa shape index (κ3) is 0.372. The van der Waals surface area contributed by atoms with E-state index in [9.17, 15) is 10.2 Å². The van der Waals surface area contributed by atoms with Crippen LogP contribution in [-0.4, -0.2) is 21.4 Å². The molecule has 4 saturated carbocycles. The van der Waals surface area contributed by atoms with E-state index in [-0.39, 0.29) is 0 Å². The molecule has 4 unspecified atom stereocenters. The van der Waals surface area contributed by atoms with E-state index in [1.165, 1.54) is 0 Å². The summed E-state index contributed by atoms with van der Waals surface area (Å²) in [5, 5.41) is 19.7. The summed E-state index contributed by atoms with van der Waals surface area (Å²) < 4.78 is 0. The minimum atomic E-state index is -0.445. The SMILES string of the molecule is OC12CC3CC1CC3(O)C2. The van der Waals surface area contributed by atoms with Crippen LogP contribution in [0.1, 0.15) is 25.7 Å². The maximum absolute atomic E-state index is 9.86. The standard InChI is InChI=1S/C8H12O2/c9-7-2-5-1-6(7)3-8(5,10)4-7/h5-6,9-10H,1-4H2. The van der Waals surface area contributed by atoms with Gasteiger partial charge in [0.15, 0.2) is 0 Å². The minimum Gasteiger partial charge on any atom is -0.389 e. The highest BCUT2D eigenvalue weighted by Gasteiger charge is 2.69. The normalized spacial score (nSPS) is 70.2. The summed E-state index contributed by atoms with van der Waals surface area (Å²) in [6.07, 6.45) is 3.48. The second-order valence-corrected chi connectivity index (χ2v) is 4.42. The summed E-state index contributed by atoms with van der Waals surface area (Å²) in [6, 6.07) is 0. The van der Waals surface area contributed by atoms with Crippen LogP contribution in [-0.2, 0) is 0 Å². The van der Waals surface area contributed by atoms with Crippen molar-refractivity contribution in [2.45, 2.75) is 36.9 Å². The Morgan fingerprint density at radius 1 is 1.00 bits per heavy atom. The summed E-state index contributed by atoms with van der Waals surface area (Å²) in [4.78, 5) is 0. The lowest BCUT2D eigenvalue weighted by Gasteiger charge is -2.20. The summed E-state index contributed by atoms with van der Waals surface area (Å²) in [5.74, 6) is 0.866. The topological polar surface area (TPSA) is 40.5 Å². The minimum absolute atomic E-state index is 0.433. The smallest absolute Gasteiger partial charge is 0.0708 e. The Kier molecular flexibility index (Phi) is 0.647. The van der Waals surface area contributed by atoms with Gasteiger partial charge in [-0.25, -0.2) is 0 Å². The molecule has 4 fully saturated rings. The van der Waals surface area contributed by atoms with Crippen LogP contribution < -0.4 is 0 Å². The van der Waals surface area contributed by atoms with Gasteiger partial charge < -0.3 is 10.2 Å². The Labute approximate surface area is 59.9 Å². The number of hydrogen-bond donors (Lipinski definition) is 2. The highest BCUT2D eigenvalue weighted by atomic mass is 16.3. The van der Waals surface area contributed by atoms with Crippen molar-refractivity contribution >= 4 is 0 Å². The molecule has 0 heterocycles. The van der Waals surface area contributed by atoms with Crippen molar-refractivity contribution in [3.05, 3.63) is 0 Å². The van der Waals surface area contributed by atoms with Crippen molar-refractivity contribution in [3.63, 3.8) is 0 Å². The zero-order valence-corrected chi connectivity index (χ0v) is 5.88. The molecular formula is C8H12O2. The predicted molar refractivity (Wildman–Crippen MR) is 35.3 cm³/mol. The van der Waals surface area contributed by atoms with Gasteiger partial charge in [-0.1, -0.05) is 0 Å². The first kappa shape index (κ1) is 5.56. The van der Waals surface area contributed by atoms with E-state index in [0.29, 0.717) is 18.3 Å². The average Bonchev–Trinajstić information content (AvgIpc) is 2.27. The lowest BCUT2D eigenvalue weighted by molar-refractivity contribution is 0.00992. The predicted octanol–water partition coefficient (Wildman–Crippen LogP) is 0.282. The second-order valence-electron chi connectivity index (χ2n) is 4.42. The van der Waals surface area contributed by atoms with Gasteiger partial charge in [0.1, 0.15) is 0 Å². The van der Waals surface area contributed by atoms with Crippen LogP contribution in [0.4, 0.5) is 0 Å². The summed E-state index contributed by atoms with van der Waals surface area (Å²) in [6.45, 7) is 0. The summed E-state index contributed by atoms with van der Waals surface area (Å²) >= 11 is 0. The van der Waals surface area contributed by atoms with E-state index < -0.39 is 11.2 Å². The van der Waals surface area contributed by atoms with E-state index in [1.54, 1.807) is 0 Å². The lowest BCUT2D eigenvalue weighted by Crippen LogP contribution is -2.28. The molecule has 4 rings (SSSR count). The number of hydrogen-bond acceptors (Lipinski definition) is 2. The van der Waals surface area contributed by atoms with Gasteiger partial charge in [-0.3, -0.25) is 0 Å². The average molecular weight is 140 g/mol. The molecule has 2 N–H and O–H groups in total. The highest BCUT2D eigenvalue weighted by molar-refractivity contribution is 5.21. The zero-order valence-electron chi connectivity index (χ0n) is 5.88. The lowest BCUT2D eigenvalue weighted by atomic mass is 9.95. The van der Waals surface area contributed by atoms with Crippen LogP contribution in [0.3, 0.4) is 0 Å². The Morgan fingerprint density at radius 2 is 1.50 bits per heavy atom. The molecule has 4 aliphatic carbocycles. The van der Waals surface area contributed by atoms with Gasteiger partial charge in [-0.05, 0) is 31.1 Å². The van der Waals surface area contributed by atoms with Gasteiger partial charge in [0.05, 0.1) is 11.2 Å². The van der Waals surface area contributed by atoms with Crippen LogP contribution in [0.2, 0.25) is 0 Å². The van der Waals surface area contributed by atoms with Crippen LogP contribution in [0.25, 0.3) is 0 Å². The Bertz CT molecular complexity index is 183. The largest absolute Gasteiger partial charge is 0.389 e. The van der Waals surface area contributed by atoms with Crippen LogP contribution in [0, 0.1) is 11.8 Å². The van der Waals surface area contributed by atoms with Crippen molar-refractivity contribution in [2.24, 2.45) is 11.8 Å². The fourth-order valence-corrected chi connectivity index (χ4v) is 3.48. The van der Waals surface area contributed by atoms with E-state index in [2.05, 4.69) is 0 Å². The molecule has 2 nitrogen and oxygen atoms in total. The first-order valence-electron chi connectivity index (χ1n) is 4.07. The molecule has 0 amide bonds. The molecule has 0 saturated heterocycles. The van der Waals surface area contributed by atoms with Gasteiger partial charge >= 0.3 is 0 Å². The monoisotopic (exact) mass is 140 g/mol. The first-order valence-corrected chi connectivity index (χ1v) is 4.07. The molecule has 4 aliphatic rings. The molecule has 10 heavy (non-hydrogen) atoms. The first-order chi connectivity index (χ1) is 4.62. The number of aliphatic hydroxyl groups is 2. The number of rotatable bonds is 0. The van der Waals surface area contributed by atoms with Crippen LogP contribution >= 0.6 is 0 Å². The molecule has 4 bridgehead atoms. The maximum atomic E-state index is 9.86. The Balaban J connectivity index is 2.15. The van der Waals surface area contributed by atoms with Crippen molar-refractivity contribution in [1.82, 2.24) is 0 Å². The van der Waals surface area contributed by atoms with Crippen molar-refractivity contribution in [1.29, 1.82) is 0 Å². The zero-order chi connectivity index (χ0) is 6.98. The summed E-state index contributed by atoms with van der Waals surface area (Å²) in [5.41, 5.74) is -0.890. The Hall–Kier alpha value is -0.0800. The second kappa shape index (κ2) is 1.16. The van der Waals surface area contributed by atoms with Crippen LogP contribution in [0.15, 0.2) is 0 Å². The molecule has 4 atom stereocenters. The van der Waals surface area contributed by atoms with Crippen LogP contribution in [0.5, 0.6) is 0 Å².